The van der Waals surface area contributed by atoms with Gasteiger partial charge in [-0.2, -0.15) is 0 Å². The SMILES string of the molecule is CCOC(=O)C1=C(CN2CCCc3ccccc32)NC(=O)NC1c1ccc(C)o1. The first kappa shape index (κ1) is 19.1. The molecule has 1 atom stereocenters. The number of anilines is 1. The number of carbonyl (C=O) groups is 2. The number of urea groups is 1. The van der Waals surface area contributed by atoms with Crippen LogP contribution >= 0.6 is 0 Å². The second-order valence-corrected chi connectivity index (χ2v) is 7.25. The Morgan fingerprint density at radius 1 is 1.28 bits per heavy atom. The normalized spacial score (nSPS) is 18.8. The third kappa shape index (κ3) is 3.85. The number of esters is 1. The topological polar surface area (TPSA) is 83.8 Å². The summed E-state index contributed by atoms with van der Waals surface area (Å²) in [4.78, 5) is 27.5. The number of nitrogens with zero attached hydrogens (tertiary/aromatic N) is 1. The van der Waals surface area contributed by atoms with Gasteiger partial charge in [0.05, 0.1) is 24.4 Å². The van der Waals surface area contributed by atoms with Crippen LogP contribution in [0.2, 0.25) is 0 Å². The summed E-state index contributed by atoms with van der Waals surface area (Å²) in [5, 5.41) is 5.64. The molecule has 1 unspecified atom stereocenters. The number of benzene rings is 1. The lowest BCUT2D eigenvalue weighted by Gasteiger charge is -2.35. The molecule has 0 radical (unpaired) electrons. The fourth-order valence-electron chi connectivity index (χ4n) is 3.98. The van der Waals surface area contributed by atoms with Gasteiger partial charge in [-0.1, -0.05) is 18.2 Å². The van der Waals surface area contributed by atoms with Gasteiger partial charge in [0, 0.05) is 12.2 Å². The number of rotatable bonds is 5. The lowest BCUT2D eigenvalue weighted by atomic mass is 9.98. The third-order valence-electron chi connectivity index (χ3n) is 5.25. The van der Waals surface area contributed by atoms with Crippen LogP contribution in [-0.4, -0.2) is 31.7 Å². The number of hydrogen-bond acceptors (Lipinski definition) is 5. The van der Waals surface area contributed by atoms with E-state index in [1.807, 2.05) is 25.1 Å². The molecule has 1 aromatic carbocycles. The van der Waals surface area contributed by atoms with E-state index in [9.17, 15) is 9.59 Å². The Kier molecular flexibility index (Phi) is 5.29. The second-order valence-electron chi connectivity index (χ2n) is 7.25. The highest BCUT2D eigenvalue weighted by Gasteiger charge is 2.36. The number of nitrogens with one attached hydrogen (secondary N) is 2. The Hall–Kier alpha value is -3.22. The average molecular weight is 395 g/mol. The number of carbonyl (C=O) groups excluding carboxylic acids is 2. The van der Waals surface area contributed by atoms with Gasteiger partial charge in [0.1, 0.15) is 17.6 Å². The van der Waals surface area contributed by atoms with Crippen molar-refractivity contribution in [1.82, 2.24) is 10.6 Å². The summed E-state index contributed by atoms with van der Waals surface area (Å²) >= 11 is 0. The molecule has 2 N–H and O–H groups in total. The van der Waals surface area contributed by atoms with Gasteiger partial charge in [0.15, 0.2) is 0 Å². The number of ether oxygens (including phenoxy) is 1. The van der Waals surface area contributed by atoms with Gasteiger partial charge in [-0.3, -0.25) is 0 Å². The van der Waals surface area contributed by atoms with Crippen LogP contribution in [0.1, 0.15) is 36.5 Å². The molecule has 4 rings (SSSR count). The van der Waals surface area contributed by atoms with Crippen molar-refractivity contribution in [1.29, 1.82) is 0 Å². The molecule has 7 nitrogen and oxygen atoms in total. The second kappa shape index (κ2) is 8.03. The van der Waals surface area contributed by atoms with Crippen molar-refractivity contribution in [3.8, 4) is 0 Å². The maximum absolute atomic E-state index is 12.9. The van der Waals surface area contributed by atoms with Crippen LogP contribution in [-0.2, 0) is 16.0 Å². The summed E-state index contributed by atoms with van der Waals surface area (Å²) in [6.45, 7) is 5.10. The molecule has 0 bridgehead atoms. The quantitative estimate of drug-likeness (QED) is 0.760. The molecule has 2 aromatic rings. The van der Waals surface area contributed by atoms with Gasteiger partial charge in [-0.15, -0.1) is 0 Å². The van der Waals surface area contributed by atoms with Gasteiger partial charge >= 0.3 is 12.0 Å². The first-order valence-corrected chi connectivity index (χ1v) is 9.93. The first-order chi connectivity index (χ1) is 14.1. The fourth-order valence-corrected chi connectivity index (χ4v) is 3.98. The fraction of sp³-hybridized carbons (Fsp3) is 0.364. The Labute approximate surface area is 169 Å². The summed E-state index contributed by atoms with van der Waals surface area (Å²) in [5.74, 6) is 0.763. The zero-order valence-corrected chi connectivity index (χ0v) is 16.7. The van der Waals surface area contributed by atoms with E-state index in [-0.39, 0.29) is 12.6 Å². The molecule has 3 heterocycles. The number of furan rings is 1. The first-order valence-electron chi connectivity index (χ1n) is 9.93. The van der Waals surface area contributed by atoms with E-state index < -0.39 is 12.0 Å². The van der Waals surface area contributed by atoms with Crippen LogP contribution in [0, 0.1) is 6.92 Å². The standard InChI is InChI=1S/C22H25N3O4/c1-3-28-21(26)19-16(13-25-12-6-8-15-7-4-5-9-17(15)25)23-22(27)24-20(19)18-11-10-14(2)29-18/h4-5,7,9-11,20H,3,6,8,12-13H2,1-2H3,(H2,23,24,27). The molecule has 29 heavy (non-hydrogen) atoms. The molecule has 7 heteroatoms. The van der Waals surface area contributed by atoms with Crippen molar-refractivity contribution in [2.24, 2.45) is 0 Å². The van der Waals surface area contributed by atoms with Crippen molar-refractivity contribution >= 4 is 17.7 Å². The van der Waals surface area contributed by atoms with Crippen molar-refractivity contribution in [3.05, 3.63) is 64.8 Å². The van der Waals surface area contributed by atoms with E-state index in [1.165, 1.54) is 5.56 Å². The minimum atomic E-state index is -0.688. The number of hydrogen-bond donors (Lipinski definition) is 2. The van der Waals surface area contributed by atoms with E-state index in [0.29, 0.717) is 29.3 Å². The smallest absolute Gasteiger partial charge is 0.338 e. The molecule has 1 aromatic heterocycles. The number of amides is 2. The van der Waals surface area contributed by atoms with E-state index in [2.05, 4.69) is 27.7 Å². The molecule has 2 aliphatic rings. The maximum Gasteiger partial charge on any atom is 0.338 e. The summed E-state index contributed by atoms with van der Waals surface area (Å²) in [5.41, 5.74) is 3.33. The van der Waals surface area contributed by atoms with Crippen LogP contribution in [0.25, 0.3) is 0 Å². The van der Waals surface area contributed by atoms with Gasteiger partial charge in [0.25, 0.3) is 0 Å². The largest absolute Gasteiger partial charge is 0.464 e. The minimum Gasteiger partial charge on any atom is -0.464 e. The molecule has 0 saturated heterocycles. The summed E-state index contributed by atoms with van der Waals surface area (Å²) in [6, 6.07) is 10.8. The van der Waals surface area contributed by atoms with Crippen LogP contribution in [0.5, 0.6) is 0 Å². The predicted octanol–water partition coefficient (Wildman–Crippen LogP) is 3.21. The molecule has 152 valence electrons. The molecule has 0 aliphatic carbocycles. The van der Waals surface area contributed by atoms with E-state index in [1.54, 1.807) is 13.0 Å². The summed E-state index contributed by atoms with van der Waals surface area (Å²) in [7, 11) is 0. The Morgan fingerprint density at radius 2 is 2.10 bits per heavy atom. The van der Waals surface area contributed by atoms with Gasteiger partial charge < -0.3 is 24.7 Å². The van der Waals surface area contributed by atoms with Gasteiger partial charge in [-0.05, 0) is 50.5 Å². The van der Waals surface area contributed by atoms with Crippen molar-refractivity contribution in [2.75, 3.05) is 24.6 Å². The zero-order chi connectivity index (χ0) is 20.4. The lowest BCUT2D eigenvalue weighted by Crippen LogP contribution is -2.49. The highest BCUT2D eigenvalue weighted by molar-refractivity contribution is 5.95. The monoisotopic (exact) mass is 395 g/mol. The average Bonchev–Trinajstić information content (AvgIpc) is 3.14. The minimum absolute atomic E-state index is 0.250. The highest BCUT2D eigenvalue weighted by atomic mass is 16.5. The molecule has 0 saturated carbocycles. The van der Waals surface area contributed by atoms with Crippen molar-refractivity contribution < 1.29 is 18.7 Å². The van der Waals surface area contributed by atoms with Crippen LogP contribution in [0.3, 0.4) is 0 Å². The highest BCUT2D eigenvalue weighted by Crippen LogP contribution is 2.32. The molecule has 0 spiro atoms. The summed E-state index contributed by atoms with van der Waals surface area (Å²) in [6.07, 6.45) is 2.05. The van der Waals surface area contributed by atoms with Crippen LogP contribution in [0.15, 0.2) is 52.1 Å². The predicted molar refractivity (Wildman–Crippen MR) is 108 cm³/mol. The number of para-hydroxylation sites is 1. The van der Waals surface area contributed by atoms with Gasteiger partial charge in [0.2, 0.25) is 0 Å². The Morgan fingerprint density at radius 3 is 2.86 bits per heavy atom. The van der Waals surface area contributed by atoms with Crippen molar-refractivity contribution in [3.63, 3.8) is 0 Å². The number of fused-ring (bicyclic) bond motifs is 1. The van der Waals surface area contributed by atoms with E-state index in [4.69, 9.17) is 9.15 Å². The van der Waals surface area contributed by atoms with Crippen molar-refractivity contribution in [2.45, 2.75) is 32.7 Å². The number of aryl methyl sites for hydroxylation is 2. The molecule has 2 aliphatic heterocycles. The van der Waals surface area contributed by atoms with E-state index in [0.717, 1.165) is 25.1 Å². The molecule has 2 amide bonds. The molecular formula is C22H25N3O4. The van der Waals surface area contributed by atoms with E-state index >= 15 is 0 Å². The molecule has 0 fully saturated rings. The van der Waals surface area contributed by atoms with Crippen LogP contribution < -0.4 is 15.5 Å². The van der Waals surface area contributed by atoms with Gasteiger partial charge in [-0.25, -0.2) is 9.59 Å². The maximum atomic E-state index is 12.9. The third-order valence-corrected chi connectivity index (χ3v) is 5.25. The molecular weight excluding hydrogens is 370 g/mol. The Balaban J connectivity index is 1.74. The van der Waals surface area contributed by atoms with Crippen LogP contribution in [0.4, 0.5) is 10.5 Å². The Bertz CT molecular complexity index is 962. The lowest BCUT2D eigenvalue weighted by molar-refractivity contribution is -0.139. The zero-order valence-electron chi connectivity index (χ0n) is 16.7. The summed E-state index contributed by atoms with van der Waals surface area (Å²) < 4.78 is 11.0.